The van der Waals surface area contributed by atoms with E-state index in [4.69, 9.17) is 0 Å². The normalized spacial score (nSPS) is 10.2. The molecule has 2 rings (SSSR count). The first-order chi connectivity index (χ1) is 8.31. The first-order valence-electron chi connectivity index (χ1n) is 5.54. The van der Waals surface area contributed by atoms with Crippen molar-refractivity contribution in [2.75, 3.05) is 5.32 Å². The van der Waals surface area contributed by atoms with E-state index in [2.05, 4.69) is 22.3 Å². The number of aromatic nitrogens is 3. The molecule has 1 amide bonds. The van der Waals surface area contributed by atoms with Gasteiger partial charge in [0.1, 0.15) is 5.82 Å². The number of carbonyl (C=O) groups is 1. The van der Waals surface area contributed by atoms with E-state index < -0.39 is 0 Å². The van der Waals surface area contributed by atoms with Crippen LogP contribution in [0, 0.1) is 0 Å². The number of nitrogens with zero attached hydrogens (tertiary/aromatic N) is 3. The summed E-state index contributed by atoms with van der Waals surface area (Å²) in [6.07, 6.45) is 5.82. The van der Waals surface area contributed by atoms with Gasteiger partial charge in [0.05, 0.1) is 11.8 Å². The van der Waals surface area contributed by atoms with Crippen LogP contribution in [0.15, 0.2) is 36.8 Å². The van der Waals surface area contributed by atoms with Gasteiger partial charge in [-0.2, -0.15) is 5.10 Å². The third kappa shape index (κ3) is 2.69. The predicted molar refractivity (Wildman–Crippen MR) is 64.7 cm³/mol. The van der Waals surface area contributed by atoms with Crippen molar-refractivity contribution in [1.29, 1.82) is 0 Å². The standard InChI is InChI=1S/C12H14N4O/c1-2-8-16-11(5-7-14-16)15-12(17)10-4-3-6-13-9-10/h3-7,9H,2,8H2,1H3,(H,15,17). The van der Waals surface area contributed by atoms with Crippen molar-refractivity contribution in [3.05, 3.63) is 42.4 Å². The quantitative estimate of drug-likeness (QED) is 0.873. The molecule has 17 heavy (non-hydrogen) atoms. The molecule has 0 aliphatic heterocycles. The van der Waals surface area contributed by atoms with Crippen molar-refractivity contribution in [3.63, 3.8) is 0 Å². The molecule has 0 bridgehead atoms. The molecule has 1 N–H and O–H groups in total. The van der Waals surface area contributed by atoms with Gasteiger partial charge in [-0.25, -0.2) is 4.68 Å². The molecule has 0 fully saturated rings. The third-order valence-corrected chi connectivity index (χ3v) is 2.32. The number of pyridine rings is 1. The summed E-state index contributed by atoms with van der Waals surface area (Å²) in [4.78, 5) is 15.8. The first kappa shape index (κ1) is 11.3. The highest BCUT2D eigenvalue weighted by molar-refractivity contribution is 6.03. The number of nitrogens with one attached hydrogen (secondary N) is 1. The number of anilines is 1. The number of hydrogen-bond acceptors (Lipinski definition) is 3. The Hall–Kier alpha value is -2.17. The maximum Gasteiger partial charge on any atom is 0.258 e. The average molecular weight is 230 g/mol. The smallest absolute Gasteiger partial charge is 0.258 e. The van der Waals surface area contributed by atoms with E-state index in [0.717, 1.165) is 13.0 Å². The van der Waals surface area contributed by atoms with Gasteiger partial charge in [-0.15, -0.1) is 0 Å². The molecule has 0 aliphatic rings. The lowest BCUT2D eigenvalue weighted by atomic mass is 10.3. The van der Waals surface area contributed by atoms with E-state index >= 15 is 0 Å². The van der Waals surface area contributed by atoms with E-state index in [-0.39, 0.29) is 5.91 Å². The summed E-state index contributed by atoms with van der Waals surface area (Å²) in [6, 6.07) is 5.24. The molecule has 0 saturated carbocycles. The second-order valence-electron chi connectivity index (χ2n) is 3.64. The van der Waals surface area contributed by atoms with Crippen LogP contribution in [0.25, 0.3) is 0 Å². The minimum Gasteiger partial charge on any atom is -0.307 e. The minimum absolute atomic E-state index is 0.170. The molecule has 0 atom stereocenters. The fraction of sp³-hybridized carbons (Fsp3) is 0.250. The Morgan fingerprint density at radius 3 is 3.00 bits per heavy atom. The Labute approximate surface area is 99.5 Å². The van der Waals surface area contributed by atoms with E-state index in [1.165, 1.54) is 6.20 Å². The molecule has 0 spiro atoms. The van der Waals surface area contributed by atoms with E-state index in [0.29, 0.717) is 11.4 Å². The van der Waals surface area contributed by atoms with Gasteiger partial charge in [0, 0.05) is 25.0 Å². The summed E-state index contributed by atoms with van der Waals surface area (Å²) < 4.78 is 1.77. The van der Waals surface area contributed by atoms with Crippen LogP contribution in [-0.4, -0.2) is 20.7 Å². The van der Waals surface area contributed by atoms with Crippen LogP contribution in [0.2, 0.25) is 0 Å². The number of aryl methyl sites for hydroxylation is 1. The van der Waals surface area contributed by atoms with Gasteiger partial charge in [0.15, 0.2) is 0 Å². The fourth-order valence-electron chi connectivity index (χ4n) is 1.51. The summed E-state index contributed by atoms with van der Waals surface area (Å²) >= 11 is 0. The molecule has 2 aromatic heterocycles. The topological polar surface area (TPSA) is 59.8 Å². The van der Waals surface area contributed by atoms with E-state index in [1.54, 1.807) is 35.3 Å². The van der Waals surface area contributed by atoms with Gasteiger partial charge in [0.2, 0.25) is 0 Å². The Kier molecular flexibility index (Phi) is 3.49. The third-order valence-electron chi connectivity index (χ3n) is 2.32. The summed E-state index contributed by atoms with van der Waals surface area (Å²) in [5, 5.41) is 6.95. The number of rotatable bonds is 4. The molecular weight excluding hydrogens is 216 g/mol. The van der Waals surface area contributed by atoms with Gasteiger partial charge >= 0.3 is 0 Å². The number of carbonyl (C=O) groups excluding carboxylic acids is 1. The number of hydrogen-bond donors (Lipinski definition) is 1. The average Bonchev–Trinajstić information content (AvgIpc) is 2.78. The summed E-state index contributed by atoms with van der Waals surface area (Å²) in [5.41, 5.74) is 0.539. The monoisotopic (exact) mass is 230 g/mol. The van der Waals surface area contributed by atoms with Gasteiger partial charge in [-0.05, 0) is 18.6 Å². The Balaban J connectivity index is 2.11. The second-order valence-corrected chi connectivity index (χ2v) is 3.64. The highest BCUT2D eigenvalue weighted by atomic mass is 16.1. The molecule has 0 unspecified atom stereocenters. The largest absolute Gasteiger partial charge is 0.307 e. The van der Waals surface area contributed by atoms with Crippen molar-refractivity contribution in [3.8, 4) is 0 Å². The molecule has 0 aliphatic carbocycles. The first-order valence-corrected chi connectivity index (χ1v) is 5.54. The van der Waals surface area contributed by atoms with E-state index in [9.17, 15) is 4.79 Å². The fourth-order valence-corrected chi connectivity index (χ4v) is 1.51. The highest BCUT2D eigenvalue weighted by Gasteiger charge is 2.08. The van der Waals surface area contributed by atoms with Crippen LogP contribution in [0.4, 0.5) is 5.82 Å². The van der Waals surface area contributed by atoms with Crippen molar-refractivity contribution in [2.45, 2.75) is 19.9 Å². The zero-order valence-corrected chi connectivity index (χ0v) is 9.63. The van der Waals surface area contributed by atoms with Gasteiger partial charge in [0.25, 0.3) is 5.91 Å². The van der Waals surface area contributed by atoms with Crippen molar-refractivity contribution in [1.82, 2.24) is 14.8 Å². The molecule has 0 saturated heterocycles. The Morgan fingerprint density at radius 2 is 2.29 bits per heavy atom. The lowest BCUT2D eigenvalue weighted by Crippen LogP contribution is -2.15. The maximum atomic E-state index is 11.9. The molecule has 0 aromatic carbocycles. The Morgan fingerprint density at radius 1 is 1.41 bits per heavy atom. The van der Waals surface area contributed by atoms with Gasteiger partial charge < -0.3 is 5.32 Å². The Bertz CT molecular complexity index is 492. The molecule has 5 heteroatoms. The SMILES string of the molecule is CCCn1nccc1NC(=O)c1cccnc1. The zero-order valence-electron chi connectivity index (χ0n) is 9.63. The lowest BCUT2D eigenvalue weighted by molar-refractivity contribution is 0.102. The molecule has 2 aromatic rings. The van der Waals surface area contributed by atoms with Crippen LogP contribution in [0.5, 0.6) is 0 Å². The molecule has 0 radical (unpaired) electrons. The van der Waals surface area contributed by atoms with Crippen molar-refractivity contribution >= 4 is 11.7 Å². The van der Waals surface area contributed by atoms with Crippen LogP contribution in [0.1, 0.15) is 23.7 Å². The number of amides is 1. The van der Waals surface area contributed by atoms with E-state index in [1.807, 2.05) is 0 Å². The molecule has 88 valence electrons. The highest BCUT2D eigenvalue weighted by Crippen LogP contribution is 2.09. The van der Waals surface area contributed by atoms with Crippen molar-refractivity contribution in [2.24, 2.45) is 0 Å². The van der Waals surface area contributed by atoms with Crippen LogP contribution < -0.4 is 5.32 Å². The van der Waals surface area contributed by atoms with Crippen molar-refractivity contribution < 1.29 is 4.79 Å². The van der Waals surface area contributed by atoms with Gasteiger partial charge in [-0.3, -0.25) is 9.78 Å². The molecule has 5 nitrogen and oxygen atoms in total. The lowest BCUT2D eigenvalue weighted by Gasteiger charge is -2.07. The van der Waals surface area contributed by atoms with Crippen LogP contribution in [0.3, 0.4) is 0 Å². The predicted octanol–water partition coefficient (Wildman–Crippen LogP) is 1.94. The molecular formula is C12H14N4O. The van der Waals surface area contributed by atoms with Crippen LogP contribution >= 0.6 is 0 Å². The maximum absolute atomic E-state index is 11.9. The second kappa shape index (κ2) is 5.25. The minimum atomic E-state index is -0.170. The van der Waals surface area contributed by atoms with Crippen LogP contribution in [-0.2, 0) is 6.54 Å². The zero-order chi connectivity index (χ0) is 12.1. The molecule has 2 heterocycles. The van der Waals surface area contributed by atoms with Gasteiger partial charge in [-0.1, -0.05) is 6.92 Å². The summed E-state index contributed by atoms with van der Waals surface area (Å²) in [6.45, 7) is 2.85. The summed E-state index contributed by atoms with van der Waals surface area (Å²) in [7, 11) is 0. The summed E-state index contributed by atoms with van der Waals surface area (Å²) in [5.74, 6) is 0.539.